The molecule has 0 amide bonds. The highest BCUT2D eigenvalue weighted by Gasteiger charge is 2.12. The molecule has 2 heterocycles. The van der Waals surface area contributed by atoms with Gasteiger partial charge in [-0.15, -0.1) is 0 Å². The second kappa shape index (κ2) is 11.6. The van der Waals surface area contributed by atoms with Crippen LogP contribution in [0.1, 0.15) is 0 Å². The smallest absolute Gasteiger partial charge is 0.263 e. The third kappa shape index (κ3) is 5.63. The van der Waals surface area contributed by atoms with Gasteiger partial charge in [0.1, 0.15) is 11.5 Å². The molecule has 6 rings (SSSR count). The molecule has 4 aromatic carbocycles. The average molecular weight is 794 g/mol. The minimum absolute atomic E-state index is 0.0771. The van der Waals surface area contributed by atoms with Crippen LogP contribution in [-0.2, 0) is 0 Å². The molecule has 2 aromatic heterocycles. The van der Waals surface area contributed by atoms with Crippen molar-refractivity contribution in [2.45, 2.75) is 0 Å². The maximum Gasteiger partial charge on any atom is 0.263 e. The van der Waals surface area contributed by atoms with Gasteiger partial charge >= 0.3 is 0 Å². The SMILES string of the molecule is O=c1c2ccc(O)cc2c(I)cn1-c1ccc(O)c(F)c1.O=c1c2ccc(O)cc2c(I)cn1-c1ccc(O)c(F)c1. The number of nitrogens with zero attached hydrogens (tertiary/aromatic N) is 2. The van der Waals surface area contributed by atoms with Crippen molar-refractivity contribution in [2.75, 3.05) is 0 Å². The molecule has 0 spiro atoms. The van der Waals surface area contributed by atoms with Crippen molar-refractivity contribution in [1.82, 2.24) is 9.13 Å². The Morgan fingerprint density at radius 3 is 1.26 bits per heavy atom. The van der Waals surface area contributed by atoms with Gasteiger partial charge in [0.15, 0.2) is 23.1 Å². The second-order valence-electron chi connectivity index (χ2n) is 9.04. The number of phenolic OH excluding ortho intramolecular Hbond substituents is 4. The van der Waals surface area contributed by atoms with E-state index in [2.05, 4.69) is 0 Å². The molecular formula is C30H18F2I2N2O6. The quantitative estimate of drug-likeness (QED) is 0.153. The minimum Gasteiger partial charge on any atom is -0.508 e. The van der Waals surface area contributed by atoms with Crippen LogP contribution >= 0.6 is 45.2 Å². The van der Waals surface area contributed by atoms with Gasteiger partial charge in [-0.05, 0) is 106 Å². The molecule has 0 unspecified atom stereocenters. The van der Waals surface area contributed by atoms with Crippen LogP contribution in [0.4, 0.5) is 8.78 Å². The molecule has 4 N–H and O–H groups in total. The average Bonchev–Trinajstić information content (AvgIpc) is 2.96. The van der Waals surface area contributed by atoms with Gasteiger partial charge in [-0.1, -0.05) is 0 Å². The zero-order valence-corrected chi connectivity index (χ0v) is 25.4. The Balaban J connectivity index is 0.000000168. The standard InChI is InChI=1S/2C15H9FINO3/c2*16-12-5-8(1-4-14(12)20)18-7-13(17)11-6-9(19)2-3-10(11)15(18)21/h2*1-7,19-20H. The number of phenols is 4. The summed E-state index contributed by atoms with van der Waals surface area (Å²) in [7, 11) is 0. The highest BCUT2D eigenvalue weighted by atomic mass is 127. The largest absolute Gasteiger partial charge is 0.508 e. The lowest BCUT2D eigenvalue weighted by atomic mass is 10.1. The summed E-state index contributed by atoms with van der Waals surface area (Å²) in [5.74, 6) is -2.36. The van der Waals surface area contributed by atoms with Crippen LogP contribution in [0.25, 0.3) is 32.9 Å². The number of fused-ring (bicyclic) bond motifs is 2. The monoisotopic (exact) mass is 794 g/mol. The first-order chi connectivity index (χ1) is 19.9. The number of halogens is 4. The van der Waals surface area contributed by atoms with Crippen molar-refractivity contribution in [3.63, 3.8) is 0 Å². The predicted octanol–water partition coefficient (Wildman–Crippen LogP) is 6.29. The minimum atomic E-state index is -0.791. The Morgan fingerprint density at radius 1 is 0.524 bits per heavy atom. The van der Waals surface area contributed by atoms with E-state index in [0.29, 0.717) is 32.9 Å². The summed E-state index contributed by atoms with van der Waals surface area (Å²) in [4.78, 5) is 25.0. The van der Waals surface area contributed by atoms with E-state index in [-0.39, 0.29) is 22.6 Å². The van der Waals surface area contributed by atoms with Gasteiger partial charge in [0, 0.05) is 53.2 Å². The fourth-order valence-corrected chi connectivity index (χ4v) is 5.70. The first-order valence-electron chi connectivity index (χ1n) is 12.0. The summed E-state index contributed by atoms with van der Waals surface area (Å²) in [6, 6.07) is 16.5. The summed E-state index contributed by atoms with van der Waals surface area (Å²) in [5, 5.41) is 39.6. The van der Waals surface area contributed by atoms with Crippen LogP contribution in [0, 0.1) is 18.8 Å². The highest BCUT2D eigenvalue weighted by molar-refractivity contribution is 14.1. The number of hydrogen-bond acceptors (Lipinski definition) is 6. The zero-order valence-electron chi connectivity index (χ0n) is 21.1. The summed E-state index contributed by atoms with van der Waals surface area (Å²) in [6.07, 6.45) is 3.13. The van der Waals surface area contributed by atoms with Crippen LogP contribution in [0.5, 0.6) is 23.0 Å². The van der Waals surface area contributed by atoms with Crippen molar-refractivity contribution >= 4 is 66.7 Å². The molecule has 0 aliphatic heterocycles. The van der Waals surface area contributed by atoms with Crippen molar-refractivity contribution in [2.24, 2.45) is 0 Å². The van der Waals surface area contributed by atoms with Gasteiger partial charge in [-0.3, -0.25) is 18.7 Å². The molecule has 12 heteroatoms. The Morgan fingerprint density at radius 2 is 0.905 bits per heavy atom. The Kier molecular flexibility index (Phi) is 8.10. The Hall–Kier alpha value is -4.18. The lowest BCUT2D eigenvalue weighted by Crippen LogP contribution is -2.18. The molecule has 212 valence electrons. The Labute approximate surface area is 262 Å². The number of hydrogen-bond donors (Lipinski definition) is 4. The molecule has 0 saturated carbocycles. The molecule has 0 radical (unpaired) electrons. The lowest BCUT2D eigenvalue weighted by Gasteiger charge is -2.10. The summed E-state index contributed by atoms with van der Waals surface area (Å²) in [6.45, 7) is 0. The number of pyridine rings is 2. The topological polar surface area (TPSA) is 125 Å². The maximum absolute atomic E-state index is 13.5. The Bertz CT molecular complexity index is 1990. The third-order valence-electron chi connectivity index (χ3n) is 6.32. The van der Waals surface area contributed by atoms with E-state index in [1.807, 2.05) is 45.2 Å². The van der Waals surface area contributed by atoms with Gasteiger partial charge in [-0.2, -0.15) is 0 Å². The van der Waals surface area contributed by atoms with Gasteiger partial charge in [0.05, 0.1) is 11.4 Å². The van der Waals surface area contributed by atoms with Gasteiger partial charge in [0.25, 0.3) is 11.1 Å². The molecular weight excluding hydrogens is 776 g/mol. The first kappa shape index (κ1) is 29.3. The molecule has 6 aromatic rings. The molecule has 0 aliphatic carbocycles. The summed E-state index contributed by atoms with van der Waals surface area (Å²) >= 11 is 4.09. The van der Waals surface area contributed by atoms with E-state index < -0.39 is 23.1 Å². The van der Waals surface area contributed by atoms with E-state index in [0.717, 1.165) is 19.3 Å². The molecule has 0 atom stereocenters. The summed E-state index contributed by atoms with van der Waals surface area (Å²) in [5.41, 5.74) is -0.00241. The van der Waals surface area contributed by atoms with Crippen LogP contribution in [0.15, 0.2) is 94.8 Å². The van der Waals surface area contributed by atoms with Crippen molar-refractivity contribution in [3.05, 3.63) is 125 Å². The van der Waals surface area contributed by atoms with Gasteiger partial charge in [0.2, 0.25) is 0 Å². The normalized spacial score (nSPS) is 11.0. The molecule has 8 nitrogen and oxygen atoms in total. The lowest BCUT2D eigenvalue weighted by molar-refractivity contribution is 0.432. The highest BCUT2D eigenvalue weighted by Crippen LogP contribution is 2.26. The molecule has 0 bridgehead atoms. The van der Waals surface area contributed by atoms with E-state index in [1.54, 1.807) is 12.4 Å². The maximum atomic E-state index is 13.5. The molecule has 42 heavy (non-hydrogen) atoms. The van der Waals surface area contributed by atoms with E-state index >= 15 is 0 Å². The van der Waals surface area contributed by atoms with Crippen LogP contribution < -0.4 is 11.1 Å². The predicted molar refractivity (Wildman–Crippen MR) is 171 cm³/mol. The zero-order chi connectivity index (χ0) is 30.3. The van der Waals surface area contributed by atoms with Crippen LogP contribution in [0.2, 0.25) is 0 Å². The fourth-order valence-electron chi connectivity index (χ4n) is 4.25. The molecule has 0 aliphatic rings. The van der Waals surface area contributed by atoms with Crippen molar-refractivity contribution in [3.8, 4) is 34.4 Å². The van der Waals surface area contributed by atoms with Gasteiger partial charge < -0.3 is 20.4 Å². The number of aromatic nitrogens is 2. The number of aromatic hydroxyl groups is 4. The molecule has 0 saturated heterocycles. The van der Waals surface area contributed by atoms with E-state index in [4.69, 9.17) is 0 Å². The van der Waals surface area contributed by atoms with Crippen molar-refractivity contribution in [1.29, 1.82) is 0 Å². The fraction of sp³-hybridized carbons (Fsp3) is 0. The van der Waals surface area contributed by atoms with E-state index in [9.17, 15) is 38.8 Å². The summed E-state index contributed by atoms with van der Waals surface area (Å²) < 4.78 is 31.0. The first-order valence-corrected chi connectivity index (χ1v) is 14.2. The van der Waals surface area contributed by atoms with Crippen LogP contribution in [0.3, 0.4) is 0 Å². The second-order valence-corrected chi connectivity index (χ2v) is 11.4. The molecule has 0 fully saturated rings. The van der Waals surface area contributed by atoms with Gasteiger partial charge in [-0.25, -0.2) is 8.78 Å². The third-order valence-corrected chi connectivity index (χ3v) is 8.04. The number of benzene rings is 4. The van der Waals surface area contributed by atoms with Crippen LogP contribution in [-0.4, -0.2) is 29.6 Å². The van der Waals surface area contributed by atoms with Crippen molar-refractivity contribution < 1.29 is 29.2 Å². The number of rotatable bonds is 2. The van der Waals surface area contributed by atoms with E-state index in [1.165, 1.54) is 69.8 Å².